The van der Waals surface area contributed by atoms with Crippen LogP contribution in [0.2, 0.25) is 0 Å². The number of hydrogen-bond donors (Lipinski definition) is 1. The molecule has 1 N–H and O–H groups in total. The average Bonchev–Trinajstić information content (AvgIpc) is 3.34. The molecule has 3 heterocycles. The van der Waals surface area contributed by atoms with Crippen molar-refractivity contribution in [1.82, 2.24) is 14.8 Å². The molecule has 6 rings (SSSR count). The van der Waals surface area contributed by atoms with Gasteiger partial charge in [-0.1, -0.05) is 48.2 Å². The molecular weight excluding hydrogens is 623 g/mol. The van der Waals surface area contributed by atoms with Crippen molar-refractivity contribution < 1.29 is 28.9 Å². The minimum Gasteiger partial charge on any atom is -0.494 e. The van der Waals surface area contributed by atoms with Crippen LogP contribution < -0.4 is 9.47 Å². The van der Waals surface area contributed by atoms with E-state index in [2.05, 4.69) is 16.0 Å². The van der Waals surface area contributed by atoms with Crippen molar-refractivity contribution >= 4 is 57.2 Å². The molecule has 4 aromatic rings. The number of thioether (sulfide) groups is 1. The standard InChI is InChI=1S/C35H33N3O6S2/c39-33-32(46-35(45)38(33)12-3-16-43-28-9-7-25(8-10-28)34(40)41)21-24-6-11-31(44-19-15-37-13-17-42-18-14-37)29(20-24)27-22-26-4-1-2-5-30(26)36-23-27/h1-2,4-11,20-23H,3,12-19H2,(H,40,41). The van der Waals surface area contributed by atoms with Crippen molar-refractivity contribution in [3.63, 3.8) is 0 Å². The smallest absolute Gasteiger partial charge is 0.335 e. The number of carboxylic acid groups (broad SMARTS) is 1. The van der Waals surface area contributed by atoms with Gasteiger partial charge in [-0.05, 0) is 66.6 Å². The molecule has 2 saturated heterocycles. The summed E-state index contributed by atoms with van der Waals surface area (Å²) >= 11 is 6.84. The summed E-state index contributed by atoms with van der Waals surface area (Å²) in [5.41, 5.74) is 3.81. The monoisotopic (exact) mass is 655 g/mol. The van der Waals surface area contributed by atoms with Crippen LogP contribution in [0.5, 0.6) is 11.5 Å². The van der Waals surface area contributed by atoms with Crippen LogP contribution in [0.4, 0.5) is 0 Å². The highest BCUT2D eigenvalue weighted by molar-refractivity contribution is 8.26. The third-order valence-electron chi connectivity index (χ3n) is 7.74. The molecule has 0 radical (unpaired) electrons. The summed E-state index contributed by atoms with van der Waals surface area (Å²) in [4.78, 5) is 33.6. The van der Waals surface area contributed by atoms with E-state index in [1.54, 1.807) is 17.0 Å². The first-order chi connectivity index (χ1) is 22.4. The van der Waals surface area contributed by atoms with Crippen molar-refractivity contribution in [3.8, 4) is 22.6 Å². The van der Waals surface area contributed by atoms with Gasteiger partial charge in [-0.3, -0.25) is 19.6 Å². The molecule has 0 saturated carbocycles. The van der Waals surface area contributed by atoms with Crippen LogP contribution in [-0.2, 0) is 9.53 Å². The number of amides is 1. The van der Waals surface area contributed by atoms with E-state index in [1.165, 1.54) is 23.9 Å². The maximum Gasteiger partial charge on any atom is 0.335 e. The van der Waals surface area contributed by atoms with Crippen LogP contribution in [-0.4, -0.2) is 88.7 Å². The lowest BCUT2D eigenvalue weighted by atomic mass is 10.0. The molecule has 236 valence electrons. The average molecular weight is 656 g/mol. The summed E-state index contributed by atoms with van der Waals surface area (Å²) in [6, 6.07) is 22.3. The highest BCUT2D eigenvalue weighted by atomic mass is 32.2. The summed E-state index contributed by atoms with van der Waals surface area (Å²) in [5.74, 6) is 0.203. The van der Waals surface area contributed by atoms with Crippen molar-refractivity contribution in [2.45, 2.75) is 6.42 Å². The third-order valence-corrected chi connectivity index (χ3v) is 9.12. The van der Waals surface area contributed by atoms with Crippen molar-refractivity contribution in [2.75, 3.05) is 52.6 Å². The van der Waals surface area contributed by atoms with Gasteiger partial charge < -0.3 is 19.3 Å². The van der Waals surface area contributed by atoms with E-state index < -0.39 is 5.97 Å². The molecular formula is C35H33N3O6S2. The molecule has 2 fully saturated rings. The van der Waals surface area contributed by atoms with Gasteiger partial charge in [0.25, 0.3) is 5.91 Å². The van der Waals surface area contributed by atoms with Gasteiger partial charge in [0, 0.05) is 48.9 Å². The predicted octanol–water partition coefficient (Wildman–Crippen LogP) is 5.98. The lowest BCUT2D eigenvalue weighted by Crippen LogP contribution is -2.38. The Labute approximate surface area is 276 Å². The number of benzene rings is 3. The second kappa shape index (κ2) is 14.9. The fraction of sp³-hybridized carbons (Fsp3) is 0.257. The van der Waals surface area contributed by atoms with Crippen molar-refractivity contribution in [2.24, 2.45) is 0 Å². The Kier molecular flexibility index (Phi) is 10.2. The molecule has 2 aliphatic heterocycles. The number of carboxylic acids is 1. The number of ether oxygens (including phenoxy) is 3. The highest BCUT2D eigenvalue weighted by Crippen LogP contribution is 2.36. The van der Waals surface area contributed by atoms with E-state index >= 15 is 0 Å². The molecule has 46 heavy (non-hydrogen) atoms. The van der Waals surface area contributed by atoms with Crippen LogP contribution in [0.25, 0.3) is 28.1 Å². The van der Waals surface area contributed by atoms with Gasteiger partial charge in [-0.25, -0.2) is 4.79 Å². The Bertz CT molecular complexity index is 1770. The van der Waals surface area contributed by atoms with Gasteiger partial charge in [-0.15, -0.1) is 0 Å². The second-order valence-corrected chi connectivity index (χ2v) is 12.5. The maximum atomic E-state index is 13.4. The Balaban J connectivity index is 1.15. The number of nitrogens with zero attached hydrogens (tertiary/aromatic N) is 3. The number of pyridine rings is 1. The van der Waals surface area contributed by atoms with E-state index in [9.17, 15) is 9.59 Å². The quantitative estimate of drug-likeness (QED) is 0.111. The van der Waals surface area contributed by atoms with E-state index in [-0.39, 0.29) is 11.5 Å². The SMILES string of the molecule is O=C(O)c1ccc(OCCCN2C(=O)C(=Cc3ccc(OCCN4CCOCC4)c(-c4cnc5ccccc5c4)c3)SC2=S)cc1. The molecule has 1 amide bonds. The summed E-state index contributed by atoms with van der Waals surface area (Å²) in [6.07, 6.45) is 4.30. The predicted molar refractivity (Wildman–Crippen MR) is 183 cm³/mol. The van der Waals surface area contributed by atoms with E-state index in [0.717, 1.165) is 66.2 Å². The maximum absolute atomic E-state index is 13.4. The summed E-state index contributed by atoms with van der Waals surface area (Å²) in [7, 11) is 0. The molecule has 11 heteroatoms. The number of carbonyl (C=O) groups is 2. The number of morpholine rings is 1. The van der Waals surface area contributed by atoms with Gasteiger partial charge in [0.15, 0.2) is 0 Å². The molecule has 0 atom stereocenters. The van der Waals surface area contributed by atoms with Gasteiger partial charge >= 0.3 is 5.97 Å². The molecule has 0 aliphatic carbocycles. The second-order valence-electron chi connectivity index (χ2n) is 10.8. The number of thiocarbonyl (C=S) groups is 1. The number of aromatic nitrogens is 1. The zero-order valence-electron chi connectivity index (χ0n) is 25.1. The van der Waals surface area contributed by atoms with Crippen molar-refractivity contribution in [1.29, 1.82) is 0 Å². The molecule has 0 bridgehead atoms. The fourth-order valence-electron chi connectivity index (χ4n) is 5.27. The Morgan fingerprint density at radius 3 is 2.61 bits per heavy atom. The molecule has 1 aromatic heterocycles. The third kappa shape index (κ3) is 7.73. The van der Waals surface area contributed by atoms with Crippen molar-refractivity contribution in [3.05, 3.63) is 95.0 Å². The summed E-state index contributed by atoms with van der Waals surface area (Å²) < 4.78 is 18.0. The number of carbonyl (C=O) groups excluding carboxylic acids is 1. The van der Waals surface area contributed by atoms with E-state index in [1.807, 2.05) is 54.7 Å². The van der Waals surface area contributed by atoms with E-state index in [4.69, 9.17) is 31.5 Å². The summed E-state index contributed by atoms with van der Waals surface area (Å²) in [6.45, 7) is 5.42. The topological polar surface area (TPSA) is 101 Å². The number of fused-ring (bicyclic) bond motifs is 1. The molecule has 2 aliphatic rings. The lowest BCUT2D eigenvalue weighted by Gasteiger charge is -2.26. The van der Waals surface area contributed by atoms with Gasteiger partial charge in [0.05, 0.1) is 35.8 Å². The van der Waals surface area contributed by atoms with Gasteiger partial charge in [0.2, 0.25) is 0 Å². The minimum atomic E-state index is -0.986. The van der Waals surface area contributed by atoms with E-state index in [0.29, 0.717) is 41.2 Å². The van der Waals surface area contributed by atoms with Crippen LogP contribution >= 0.6 is 24.0 Å². The number of hydrogen-bond acceptors (Lipinski definition) is 9. The number of rotatable bonds is 12. The Hall–Kier alpha value is -4.29. The first-order valence-corrected chi connectivity index (χ1v) is 16.3. The van der Waals surface area contributed by atoms with Crippen LogP contribution in [0.15, 0.2) is 83.9 Å². The highest BCUT2D eigenvalue weighted by Gasteiger charge is 2.31. The Morgan fingerprint density at radius 1 is 1.00 bits per heavy atom. The minimum absolute atomic E-state index is 0.138. The zero-order chi connectivity index (χ0) is 31.9. The number of aromatic carboxylic acids is 1. The molecule has 0 unspecified atom stereocenters. The zero-order valence-corrected chi connectivity index (χ0v) is 26.7. The fourth-order valence-corrected chi connectivity index (χ4v) is 6.58. The van der Waals surface area contributed by atoms with Crippen LogP contribution in [0.1, 0.15) is 22.3 Å². The van der Waals surface area contributed by atoms with Gasteiger partial charge in [-0.2, -0.15) is 0 Å². The first-order valence-electron chi connectivity index (χ1n) is 15.1. The van der Waals surface area contributed by atoms with Crippen LogP contribution in [0.3, 0.4) is 0 Å². The first kappa shape index (κ1) is 31.7. The molecule has 3 aromatic carbocycles. The van der Waals surface area contributed by atoms with Gasteiger partial charge in [0.1, 0.15) is 22.4 Å². The lowest BCUT2D eigenvalue weighted by molar-refractivity contribution is -0.122. The van der Waals surface area contributed by atoms with Crippen LogP contribution in [0, 0.1) is 0 Å². The summed E-state index contributed by atoms with van der Waals surface area (Å²) in [5, 5.41) is 10.1. The molecule has 9 nitrogen and oxygen atoms in total. The number of para-hydroxylation sites is 1. The molecule has 0 spiro atoms. The Morgan fingerprint density at radius 2 is 1.80 bits per heavy atom. The largest absolute Gasteiger partial charge is 0.494 e. The normalized spacial score (nSPS) is 16.3.